The van der Waals surface area contributed by atoms with Crippen LogP contribution >= 0.6 is 12.4 Å². The van der Waals surface area contributed by atoms with E-state index >= 15 is 8.42 Å². The molecular weight excluding hydrogens is 1210 g/mol. The van der Waals surface area contributed by atoms with Gasteiger partial charge >= 0.3 is 5.97 Å². The predicted molar refractivity (Wildman–Crippen MR) is 364 cm³/mol. The largest absolute Gasteiger partial charge is 0.497 e. The number of halogens is 1. The first kappa shape index (κ1) is 65.8. The number of piperidine rings is 1. The summed E-state index contributed by atoms with van der Waals surface area (Å²) in [6.07, 6.45) is 5.78. The van der Waals surface area contributed by atoms with Crippen LogP contribution in [0.1, 0.15) is 79.7 Å². The zero-order valence-corrected chi connectivity index (χ0v) is 54.6. The van der Waals surface area contributed by atoms with Crippen molar-refractivity contribution in [3.05, 3.63) is 221 Å². The number of carbonyl (C=O) groups excluding carboxylic acids is 3. The molecule has 1 aliphatic carbocycles. The molecule has 17 heteroatoms. The second-order valence-electron chi connectivity index (χ2n) is 23.9. The van der Waals surface area contributed by atoms with Gasteiger partial charge in [-0.1, -0.05) is 122 Å². The molecule has 0 saturated carbocycles. The van der Waals surface area contributed by atoms with Crippen molar-refractivity contribution in [2.45, 2.75) is 75.2 Å². The number of hydrogen-bond acceptors (Lipinski definition) is 12. The van der Waals surface area contributed by atoms with E-state index < -0.39 is 21.6 Å². The highest BCUT2D eigenvalue weighted by Gasteiger charge is 2.40. The average Bonchev–Trinajstić information content (AvgIpc) is 0.979. The van der Waals surface area contributed by atoms with E-state index in [0.717, 1.165) is 76.6 Å². The van der Waals surface area contributed by atoms with Gasteiger partial charge in [0.05, 0.1) is 38.4 Å². The fourth-order valence-corrected chi connectivity index (χ4v) is 15.2. The van der Waals surface area contributed by atoms with Gasteiger partial charge in [-0.15, -0.1) is 12.4 Å². The molecule has 4 aliphatic heterocycles. The minimum atomic E-state index is -4.06. The molecule has 0 spiro atoms. The predicted octanol–water partition coefficient (Wildman–Crippen LogP) is 13.2. The van der Waals surface area contributed by atoms with Crippen molar-refractivity contribution in [3.63, 3.8) is 0 Å². The number of sulfonamides is 1. The van der Waals surface area contributed by atoms with Crippen molar-refractivity contribution in [3.8, 4) is 33.9 Å². The van der Waals surface area contributed by atoms with E-state index in [4.69, 9.17) is 28.1 Å². The van der Waals surface area contributed by atoms with Gasteiger partial charge in [-0.2, -0.15) is 8.88 Å². The minimum Gasteiger partial charge on any atom is -0.497 e. The van der Waals surface area contributed by atoms with Crippen LogP contribution in [-0.2, 0) is 57.1 Å². The highest BCUT2D eigenvalue weighted by molar-refractivity contribution is 7.89. The molecule has 12 rings (SSSR count). The summed E-state index contributed by atoms with van der Waals surface area (Å²) in [5, 5.41) is 4.47. The van der Waals surface area contributed by atoms with E-state index in [1.165, 1.54) is 22.5 Å². The molecule has 482 valence electrons. The smallest absolute Gasteiger partial charge is 0.332 e. The van der Waals surface area contributed by atoms with Gasteiger partial charge in [0.25, 0.3) is 0 Å². The molecule has 1 N–H and O–H groups in total. The highest BCUT2D eigenvalue weighted by Crippen LogP contribution is 2.46. The number of methoxy groups -OCH3 is 2. The number of nitrogens with zero attached hydrogens (tertiary/aromatic N) is 3. The molecule has 1 amide bonds. The van der Waals surface area contributed by atoms with Gasteiger partial charge in [0.2, 0.25) is 27.0 Å². The Bertz CT molecular complexity index is 4200. The summed E-state index contributed by atoms with van der Waals surface area (Å²) in [4.78, 5) is 41.8. The van der Waals surface area contributed by atoms with E-state index in [1.807, 2.05) is 91.0 Å². The maximum atomic E-state index is 15.2. The molecule has 4 heterocycles. The second-order valence-corrected chi connectivity index (χ2v) is 25.9. The molecule has 0 radical (unpaired) electrons. The molecule has 7 aromatic rings. The third kappa shape index (κ3) is 14.3. The van der Waals surface area contributed by atoms with Crippen LogP contribution in [0.5, 0.6) is 11.5 Å². The zero-order chi connectivity index (χ0) is 63.6. The first-order valence-electron chi connectivity index (χ1n) is 32.1. The van der Waals surface area contributed by atoms with E-state index in [9.17, 15) is 14.4 Å². The summed E-state index contributed by atoms with van der Waals surface area (Å²) in [6, 6.07) is 62.4. The number of ketones is 1. The van der Waals surface area contributed by atoms with Crippen LogP contribution in [0.3, 0.4) is 0 Å². The van der Waals surface area contributed by atoms with Gasteiger partial charge in [0, 0.05) is 108 Å². The van der Waals surface area contributed by atoms with Gasteiger partial charge in [-0.05, 0) is 116 Å². The van der Waals surface area contributed by atoms with Gasteiger partial charge < -0.3 is 38.3 Å². The Labute approximate surface area is 550 Å². The van der Waals surface area contributed by atoms with Crippen molar-refractivity contribution in [1.29, 1.82) is 0 Å². The molecule has 7 aromatic carbocycles. The first-order chi connectivity index (χ1) is 44.9. The SMILES string of the molecule is CCNC(=O)COCC(=O)OCC(CCCCCC(=O)C1CCN(S(=O)(=O)c2ccccc2-c2c3ccc(=[N+]4CCc5ccccc54)cc-3oc3cc(N4CCc5ccccc54)ccc23)CC1)COC(c1ccccc1)(c1ccc(OC)cc1)c1ccc(OC)cc1.Cl. The number of anilines is 2. The Hall–Kier alpha value is -8.64. The van der Waals surface area contributed by atoms with E-state index in [2.05, 4.69) is 99.7 Å². The lowest BCUT2D eigenvalue weighted by Crippen LogP contribution is -2.40. The van der Waals surface area contributed by atoms with Crippen molar-refractivity contribution >= 4 is 68.1 Å². The summed E-state index contributed by atoms with van der Waals surface area (Å²) in [7, 11) is -0.801. The number of unbranched alkanes of at least 4 members (excludes halogenated alkanes) is 2. The summed E-state index contributed by atoms with van der Waals surface area (Å²) in [5.41, 5.74) is 10.3. The number of Topliss-reactive ketones (excluding diaryl/α,β-unsaturated/α-hetero) is 1. The first-order valence-corrected chi connectivity index (χ1v) is 33.5. The lowest BCUT2D eigenvalue weighted by atomic mass is 9.79. The molecular formula is C76H80ClN4O11S+. The molecule has 1 saturated heterocycles. The molecule has 93 heavy (non-hydrogen) atoms. The average molecular weight is 1290 g/mol. The normalized spacial score (nSPS) is 15.1. The van der Waals surface area contributed by atoms with Crippen LogP contribution in [0.25, 0.3) is 33.4 Å². The molecule has 1 unspecified atom stereocenters. The maximum absolute atomic E-state index is 15.2. The van der Waals surface area contributed by atoms with Crippen molar-refractivity contribution in [2.24, 2.45) is 11.8 Å². The Morgan fingerprint density at radius 2 is 1.35 bits per heavy atom. The van der Waals surface area contributed by atoms with Crippen molar-refractivity contribution < 1.29 is 50.9 Å². The molecule has 1 atom stereocenters. The number of hydrogen-bond donors (Lipinski definition) is 1. The van der Waals surface area contributed by atoms with Gasteiger partial charge in [-0.25, -0.2) is 13.2 Å². The number of likely N-dealkylation sites (N-methyl/N-ethyl adjacent to an activating group) is 1. The van der Waals surface area contributed by atoms with E-state index in [1.54, 1.807) is 37.6 Å². The quantitative estimate of drug-likeness (QED) is 0.0179. The lowest BCUT2D eigenvalue weighted by Gasteiger charge is -2.37. The highest BCUT2D eigenvalue weighted by atomic mass is 35.5. The van der Waals surface area contributed by atoms with E-state index in [0.29, 0.717) is 73.5 Å². The fourth-order valence-electron chi connectivity index (χ4n) is 13.5. The third-order valence-corrected chi connectivity index (χ3v) is 20.3. The van der Waals surface area contributed by atoms with Crippen LogP contribution in [0, 0.1) is 11.8 Å². The third-order valence-electron chi connectivity index (χ3n) is 18.3. The molecule has 5 aliphatic rings. The number of esters is 1. The number of rotatable bonds is 26. The Morgan fingerprint density at radius 3 is 2.09 bits per heavy atom. The number of para-hydroxylation sites is 2. The zero-order valence-electron chi connectivity index (χ0n) is 52.9. The van der Waals surface area contributed by atoms with Crippen LogP contribution in [0.4, 0.5) is 17.1 Å². The second kappa shape index (κ2) is 30.0. The Morgan fingerprint density at radius 1 is 0.677 bits per heavy atom. The van der Waals surface area contributed by atoms with Crippen LogP contribution < -0.4 is 29.6 Å². The molecule has 0 bridgehead atoms. The summed E-state index contributed by atoms with van der Waals surface area (Å²) in [5.74, 6) is 0.711. The van der Waals surface area contributed by atoms with Gasteiger partial charge in [0.15, 0.2) is 6.54 Å². The number of nitrogens with one attached hydrogen (secondary N) is 1. The van der Waals surface area contributed by atoms with Gasteiger partial charge in [0.1, 0.15) is 47.4 Å². The molecule has 15 nitrogen and oxygen atoms in total. The number of benzene rings is 8. The van der Waals surface area contributed by atoms with Crippen molar-refractivity contribution in [2.75, 3.05) is 78.3 Å². The summed E-state index contributed by atoms with van der Waals surface area (Å²) >= 11 is 0. The number of carbonyl (C=O) groups is 3. The lowest BCUT2D eigenvalue weighted by molar-refractivity contribution is -0.152. The monoisotopic (exact) mass is 1290 g/mol. The van der Waals surface area contributed by atoms with Gasteiger partial charge in [-0.3, -0.25) is 9.59 Å². The number of fused-ring (bicyclic) bond motifs is 4. The maximum Gasteiger partial charge on any atom is 0.332 e. The summed E-state index contributed by atoms with van der Waals surface area (Å²) in [6.45, 7) is 3.93. The topological polar surface area (TPSA) is 166 Å². The Kier molecular flexibility index (Phi) is 21.2. The molecule has 1 fully saturated rings. The van der Waals surface area contributed by atoms with Crippen LogP contribution in [0.15, 0.2) is 197 Å². The Balaban J connectivity index is 0.00000884. The fraction of sp³-hybridized carbons (Fsp3) is 0.316. The number of ether oxygens (including phenoxy) is 5. The molecule has 0 aromatic heterocycles. The summed E-state index contributed by atoms with van der Waals surface area (Å²) < 4.78 is 70.8. The van der Waals surface area contributed by atoms with E-state index in [-0.39, 0.29) is 80.3 Å². The van der Waals surface area contributed by atoms with Crippen LogP contribution in [-0.4, -0.2) is 104 Å². The standard InChI is InChI=1S/C76H78N4O11S.ClH/c1-4-77-73(82)51-88-52-74(83)89-49-53(50-90-76(57-20-8-6-9-21-57,58-27-33-62(86-2)34-28-58)59-29-35-63(87-3)36-30-59)17-7-5-10-25-69(81)56-39-43-78(44-40-56)92(84,85)72-26-16-13-22-66(72)75-64-37-31-60(79-45-41-54-18-11-14-23-67(54)79)47-70(64)91-71-48-61(32-38-65(71)75)80-46-42-55-19-12-15-24-68(55)80;/h6,8-9,11-16,18-24,26-38,47-48,53,56H,4-5,7,10,17,25,39-46,49-52H2,1-3H3;1H/p+1. The minimum absolute atomic E-state index is 0. The number of amides is 1. The van der Waals surface area contributed by atoms with Crippen molar-refractivity contribution in [1.82, 2.24) is 14.2 Å². The van der Waals surface area contributed by atoms with Crippen LogP contribution in [0.2, 0.25) is 0 Å².